The van der Waals surface area contributed by atoms with Crippen molar-refractivity contribution in [1.82, 2.24) is 20.6 Å². The van der Waals surface area contributed by atoms with E-state index in [0.717, 1.165) is 68.5 Å². The monoisotopic (exact) mass is 385 g/mol. The maximum Gasteiger partial charge on any atom is 0.191 e. The van der Waals surface area contributed by atoms with Crippen molar-refractivity contribution in [3.8, 4) is 0 Å². The molecule has 1 aromatic heterocycles. The maximum atomic E-state index is 5.62. The van der Waals surface area contributed by atoms with E-state index in [2.05, 4.69) is 40.5 Å². The number of aliphatic imine (C=N–C) groups is 1. The fraction of sp³-hybridized carbons (Fsp3) is 0.636. The average molecular weight is 386 g/mol. The van der Waals surface area contributed by atoms with Crippen LogP contribution >= 0.6 is 0 Å². The first-order valence-electron chi connectivity index (χ1n) is 10.8. The summed E-state index contributed by atoms with van der Waals surface area (Å²) in [6.07, 6.45) is 7.12. The highest BCUT2D eigenvalue weighted by atomic mass is 16.5. The van der Waals surface area contributed by atoms with Crippen LogP contribution in [0.2, 0.25) is 0 Å². The molecule has 0 radical (unpaired) electrons. The van der Waals surface area contributed by atoms with Crippen molar-refractivity contribution in [2.24, 2.45) is 10.4 Å². The Labute approximate surface area is 168 Å². The van der Waals surface area contributed by atoms with Gasteiger partial charge in [-0.1, -0.05) is 25.0 Å². The number of rotatable bonds is 10. The van der Waals surface area contributed by atoms with Crippen molar-refractivity contribution in [3.63, 3.8) is 0 Å². The Balaban J connectivity index is 1.54. The van der Waals surface area contributed by atoms with Crippen LogP contribution < -0.4 is 10.6 Å². The number of ether oxygens (including phenoxy) is 1. The number of guanidine groups is 1. The summed E-state index contributed by atoms with van der Waals surface area (Å²) in [5, 5.41) is 6.85. The molecule has 3 N–H and O–H groups in total. The predicted octanol–water partition coefficient (Wildman–Crippen LogP) is 3.65. The van der Waals surface area contributed by atoms with Crippen molar-refractivity contribution >= 4 is 17.0 Å². The number of hydrogen-bond acceptors (Lipinski definition) is 3. The quantitative estimate of drug-likeness (QED) is 0.332. The molecule has 28 heavy (non-hydrogen) atoms. The van der Waals surface area contributed by atoms with Crippen LogP contribution in [0.5, 0.6) is 0 Å². The molecule has 0 amide bonds. The zero-order valence-corrected chi connectivity index (χ0v) is 17.4. The topological polar surface area (TPSA) is 74.3 Å². The van der Waals surface area contributed by atoms with E-state index in [-0.39, 0.29) is 0 Å². The normalized spacial score (nSPS) is 16.6. The Kier molecular flexibility index (Phi) is 7.71. The average Bonchev–Trinajstić information content (AvgIpc) is 3.33. The number of H-pyrrole nitrogens is 1. The molecule has 0 spiro atoms. The van der Waals surface area contributed by atoms with Gasteiger partial charge in [0.1, 0.15) is 5.82 Å². The number of hydrogen-bond donors (Lipinski definition) is 3. The van der Waals surface area contributed by atoms with E-state index in [1.54, 1.807) is 0 Å². The van der Waals surface area contributed by atoms with Crippen molar-refractivity contribution in [2.75, 3.05) is 32.8 Å². The third kappa shape index (κ3) is 5.71. The second-order valence-electron chi connectivity index (χ2n) is 7.73. The van der Waals surface area contributed by atoms with Gasteiger partial charge in [-0.2, -0.15) is 0 Å². The number of fused-ring (bicyclic) bond motifs is 1. The Morgan fingerprint density at radius 2 is 2.04 bits per heavy atom. The Hall–Kier alpha value is -2.08. The van der Waals surface area contributed by atoms with Crippen LogP contribution in [0.1, 0.15) is 51.8 Å². The number of nitrogens with zero attached hydrogens (tertiary/aromatic N) is 2. The Morgan fingerprint density at radius 1 is 1.21 bits per heavy atom. The van der Waals surface area contributed by atoms with E-state index < -0.39 is 0 Å². The van der Waals surface area contributed by atoms with Crippen LogP contribution in [0.4, 0.5) is 0 Å². The lowest BCUT2D eigenvalue weighted by Crippen LogP contribution is -2.39. The summed E-state index contributed by atoms with van der Waals surface area (Å²) in [5.41, 5.74) is 2.43. The molecule has 0 unspecified atom stereocenters. The third-order valence-corrected chi connectivity index (χ3v) is 5.65. The van der Waals surface area contributed by atoms with Gasteiger partial charge >= 0.3 is 0 Å². The van der Waals surface area contributed by atoms with Gasteiger partial charge in [-0.25, -0.2) is 4.98 Å². The summed E-state index contributed by atoms with van der Waals surface area (Å²) >= 11 is 0. The minimum absolute atomic E-state index is 0.316. The van der Waals surface area contributed by atoms with Crippen molar-refractivity contribution in [1.29, 1.82) is 0 Å². The molecule has 2 aromatic rings. The van der Waals surface area contributed by atoms with E-state index in [4.69, 9.17) is 9.73 Å². The van der Waals surface area contributed by atoms with Gasteiger partial charge in [-0.05, 0) is 50.7 Å². The number of benzene rings is 1. The van der Waals surface area contributed by atoms with E-state index in [1.165, 1.54) is 25.7 Å². The van der Waals surface area contributed by atoms with Gasteiger partial charge in [0.15, 0.2) is 5.96 Å². The minimum Gasteiger partial charge on any atom is -0.382 e. The van der Waals surface area contributed by atoms with Crippen LogP contribution in [-0.2, 0) is 11.2 Å². The molecule has 3 rings (SSSR count). The first-order valence-corrected chi connectivity index (χ1v) is 10.8. The lowest BCUT2D eigenvalue weighted by atomic mass is 9.83. The number of para-hydroxylation sites is 2. The van der Waals surface area contributed by atoms with Gasteiger partial charge in [0, 0.05) is 39.3 Å². The van der Waals surface area contributed by atoms with Crippen LogP contribution in [-0.4, -0.2) is 48.8 Å². The lowest BCUT2D eigenvalue weighted by molar-refractivity contribution is 0.107. The smallest absolute Gasteiger partial charge is 0.191 e. The van der Waals surface area contributed by atoms with E-state index in [1.807, 2.05) is 18.2 Å². The SMILES string of the molecule is CCNC(=NCC1(CCOCC)CCCC1)NCCc1nc2ccccc2[nH]1. The summed E-state index contributed by atoms with van der Waals surface area (Å²) in [7, 11) is 0. The molecule has 1 heterocycles. The molecule has 6 nitrogen and oxygen atoms in total. The molecule has 6 heteroatoms. The molecule has 154 valence electrons. The number of aromatic nitrogens is 2. The zero-order valence-electron chi connectivity index (χ0n) is 17.4. The van der Waals surface area contributed by atoms with Gasteiger partial charge in [-0.3, -0.25) is 4.99 Å². The van der Waals surface area contributed by atoms with Crippen LogP contribution in [0.3, 0.4) is 0 Å². The van der Waals surface area contributed by atoms with Gasteiger partial charge < -0.3 is 20.4 Å². The number of nitrogens with one attached hydrogen (secondary N) is 3. The molecular weight excluding hydrogens is 350 g/mol. The van der Waals surface area contributed by atoms with Gasteiger partial charge in [0.25, 0.3) is 0 Å². The molecular formula is C22H35N5O. The molecule has 0 atom stereocenters. The minimum atomic E-state index is 0.316. The summed E-state index contributed by atoms with van der Waals surface area (Å²) in [5.74, 6) is 1.91. The molecule has 1 saturated carbocycles. The number of imidazole rings is 1. The molecule has 0 saturated heterocycles. The highest BCUT2D eigenvalue weighted by Gasteiger charge is 2.33. The molecule has 1 fully saturated rings. The summed E-state index contributed by atoms with van der Waals surface area (Å²) in [6, 6.07) is 8.15. The summed E-state index contributed by atoms with van der Waals surface area (Å²) in [6.45, 7) is 8.36. The second kappa shape index (κ2) is 10.5. The van der Waals surface area contributed by atoms with Gasteiger partial charge in [-0.15, -0.1) is 0 Å². The first kappa shape index (κ1) is 20.6. The van der Waals surface area contributed by atoms with Crippen molar-refractivity contribution in [3.05, 3.63) is 30.1 Å². The van der Waals surface area contributed by atoms with Crippen LogP contribution in [0.25, 0.3) is 11.0 Å². The molecule has 1 aromatic carbocycles. The fourth-order valence-electron chi connectivity index (χ4n) is 4.06. The second-order valence-corrected chi connectivity index (χ2v) is 7.73. The highest BCUT2D eigenvalue weighted by molar-refractivity contribution is 5.79. The summed E-state index contributed by atoms with van der Waals surface area (Å²) in [4.78, 5) is 13.0. The zero-order chi connectivity index (χ0) is 19.7. The van der Waals surface area contributed by atoms with Crippen LogP contribution in [0, 0.1) is 5.41 Å². The van der Waals surface area contributed by atoms with E-state index >= 15 is 0 Å². The maximum absolute atomic E-state index is 5.62. The Bertz CT molecular complexity index is 715. The van der Waals surface area contributed by atoms with E-state index in [9.17, 15) is 0 Å². The molecule has 1 aliphatic rings. The van der Waals surface area contributed by atoms with E-state index in [0.29, 0.717) is 5.41 Å². The number of aromatic amines is 1. The third-order valence-electron chi connectivity index (χ3n) is 5.65. The van der Waals surface area contributed by atoms with Crippen molar-refractivity contribution in [2.45, 2.75) is 52.4 Å². The van der Waals surface area contributed by atoms with Crippen LogP contribution in [0.15, 0.2) is 29.3 Å². The van der Waals surface area contributed by atoms with Gasteiger partial charge in [0.2, 0.25) is 0 Å². The lowest BCUT2D eigenvalue weighted by Gasteiger charge is -2.27. The first-order chi connectivity index (χ1) is 13.7. The fourth-order valence-corrected chi connectivity index (χ4v) is 4.06. The standard InChI is InChI=1S/C22H35N5O/c1-3-23-21(25-17-22(12-7-8-13-22)14-16-28-4-2)24-15-11-20-26-18-9-5-6-10-19(18)27-20/h5-6,9-10H,3-4,7-8,11-17H2,1-2H3,(H,26,27)(H2,23,24,25). The highest BCUT2D eigenvalue weighted by Crippen LogP contribution is 2.41. The molecule has 0 aliphatic heterocycles. The largest absolute Gasteiger partial charge is 0.382 e. The van der Waals surface area contributed by atoms with Gasteiger partial charge in [0.05, 0.1) is 11.0 Å². The van der Waals surface area contributed by atoms with Crippen molar-refractivity contribution < 1.29 is 4.74 Å². The summed E-state index contributed by atoms with van der Waals surface area (Å²) < 4.78 is 5.62. The predicted molar refractivity (Wildman–Crippen MR) is 116 cm³/mol. The molecule has 1 aliphatic carbocycles. The molecule has 0 bridgehead atoms. The Morgan fingerprint density at radius 3 is 2.79 bits per heavy atom.